The molecule has 4 heterocycles. The number of aromatic nitrogens is 7. The highest BCUT2D eigenvalue weighted by atomic mass is 16.1. The van der Waals surface area contributed by atoms with E-state index in [0.29, 0.717) is 24.1 Å². The largest absolute Gasteiger partial charge is 0.321 e. The van der Waals surface area contributed by atoms with Crippen LogP contribution in [-0.4, -0.2) is 58.0 Å². The molecule has 1 aliphatic heterocycles. The van der Waals surface area contributed by atoms with Gasteiger partial charge in [0.15, 0.2) is 5.78 Å². The zero-order valence-electron chi connectivity index (χ0n) is 23.7. The number of benzene rings is 1. The molecule has 1 aromatic carbocycles. The van der Waals surface area contributed by atoms with E-state index in [0.717, 1.165) is 36.5 Å². The zero-order valence-corrected chi connectivity index (χ0v) is 23.7. The van der Waals surface area contributed by atoms with Crippen LogP contribution in [0.4, 0.5) is 11.6 Å². The van der Waals surface area contributed by atoms with Crippen LogP contribution in [0.25, 0.3) is 11.3 Å². The van der Waals surface area contributed by atoms with Gasteiger partial charge in [0.25, 0.3) is 0 Å². The highest BCUT2D eigenvalue weighted by Crippen LogP contribution is 2.37. The standard InChI is InChI=1S/C30H37N9O/c1-30(2,3)39-19-27(35-36-39)28(40)15-20-11-13-38(24-6-5-7-24)17-22-14-21(8-9-25(20)22)26-10-12-31-29(34-26)33-23-16-32-37(4)18-23/h8-10,12,14,16,18-20,24H,5-7,11,13,15,17H2,1-4H3,(H,31,33,34). The summed E-state index contributed by atoms with van der Waals surface area (Å²) in [4.78, 5) is 25.2. The minimum Gasteiger partial charge on any atom is -0.321 e. The lowest BCUT2D eigenvalue weighted by molar-refractivity contribution is 0.0958. The van der Waals surface area contributed by atoms with Crippen LogP contribution in [-0.2, 0) is 19.1 Å². The van der Waals surface area contributed by atoms with Crippen molar-refractivity contribution in [2.75, 3.05) is 11.9 Å². The lowest BCUT2D eigenvalue weighted by atomic mass is 9.87. The van der Waals surface area contributed by atoms with Gasteiger partial charge in [0.05, 0.1) is 29.3 Å². The number of hydrogen-bond donors (Lipinski definition) is 1. The molecule has 0 spiro atoms. The van der Waals surface area contributed by atoms with E-state index in [1.54, 1.807) is 28.0 Å². The number of carbonyl (C=O) groups is 1. The number of hydrogen-bond acceptors (Lipinski definition) is 8. The molecular weight excluding hydrogens is 502 g/mol. The second kappa shape index (κ2) is 10.6. The molecule has 1 atom stereocenters. The summed E-state index contributed by atoms with van der Waals surface area (Å²) in [5, 5.41) is 15.9. The second-order valence-corrected chi connectivity index (χ2v) is 12.1. The molecule has 6 rings (SSSR count). The first-order valence-corrected chi connectivity index (χ1v) is 14.1. The summed E-state index contributed by atoms with van der Waals surface area (Å²) in [7, 11) is 1.88. The molecule has 10 heteroatoms. The molecule has 3 aromatic heterocycles. The highest BCUT2D eigenvalue weighted by molar-refractivity contribution is 5.94. The van der Waals surface area contributed by atoms with Crippen LogP contribution in [0.2, 0.25) is 0 Å². The maximum absolute atomic E-state index is 13.4. The monoisotopic (exact) mass is 539 g/mol. The Morgan fingerprint density at radius 3 is 2.67 bits per heavy atom. The molecule has 1 N–H and O–H groups in total. The van der Waals surface area contributed by atoms with Crippen LogP contribution in [0.1, 0.15) is 80.4 Å². The molecule has 1 aliphatic carbocycles. The molecule has 0 amide bonds. The molecular formula is C30H37N9O. The van der Waals surface area contributed by atoms with Crippen molar-refractivity contribution < 1.29 is 4.79 Å². The maximum atomic E-state index is 13.4. The molecule has 0 radical (unpaired) electrons. The SMILES string of the molecule is Cn1cc(Nc2nccc(-c3ccc4c(c3)CN(C3CCC3)CCC4CC(=O)c3cn(C(C)(C)C)nn3)n2)cn1. The van der Waals surface area contributed by atoms with Gasteiger partial charge in [-0.25, -0.2) is 14.6 Å². The van der Waals surface area contributed by atoms with Gasteiger partial charge in [0.1, 0.15) is 5.69 Å². The lowest BCUT2D eigenvalue weighted by Gasteiger charge is -2.37. The van der Waals surface area contributed by atoms with Crippen molar-refractivity contribution in [3.05, 3.63) is 65.9 Å². The minimum atomic E-state index is -0.214. The van der Waals surface area contributed by atoms with Crippen LogP contribution in [0, 0.1) is 0 Å². The molecule has 1 unspecified atom stereocenters. The number of carbonyl (C=O) groups excluding carboxylic acids is 1. The Balaban J connectivity index is 1.28. The van der Waals surface area contributed by atoms with Gasteiger partial charge in [-0.05, 0) is 75.8 Å². The van der Waals surface area contributed by atoms with Crippen LogP contribution in [0.3, 0.4) is 0 Å². The number of rotatable bonds is 7. The van der Waals surface area contributed by atoms with Gasteiger partial charge in [0.2, 0.25) is 5.95 Å². The van der Waals surface area contributed by atoms with Crippen molar-refractivity contribution in [3.63, 3.8) is 0 Å². The molecule has 0 saturated heterocycles. The average molecular weight is 540 g/mol. The predicted octanol–water partition coefficient (Wildman–Crippen LogP) is 5.08. The van der Waals surface area contributed by atoms with Crippen LogP contribution >= 0.6 is 0 Å². The Kier molecular flexibility index (Phi) is 6.95. The highest BCUT2D eigenvalue weighted by Gasteiger charge is 2.31. The van der Waals surface area contributed by atoms with E-state index in [2.05, 4.69) is 69.6 Å². The maximum Gasteiger partial charge on any atom is 0.227 e. The fraction of sp³-hybridized carbons (Fsp3) is 0.467. The first-order valence-electron chi connectivity index (χ1n) is 14.1. The van der Waals surface area contributed by atoms with E-state index < -0.39 is 0 Å². The van der Waals surface area contributed by atoms with E-state index in [1.807, 2.05) is 19.3 Å². The van der Waals surface area contributed by atoms with Gasteiger partial charge < -0.3 is 5.32 Å². The quantitative estimate of drug-likeness (QED) is 0.324. The summed E-state index contributed by atoms with van der Waals surface area (Å²) in [5.41, 5.74) is 5.51. The van der Waals surface area contributed by atoms with Crippen LogP contribution in [0.5, 0.6) is 0 Å². The summed E-state index contributed by atoms with van der Waals surface area (Å²) in [6, 6.07) is 9.16. The fourth-order valence-corrected chi connectivity index (χ4v) is 5.59. The number of anilines is 2. The number of nitrogens with one attached hydrogen (secondary N) is 1. The first kappa shape index (κ1) is 26.3. The summed E-state index contributed by atoms with van der Waals surface area (Å²) in [6.45, 7) is 8.05. The van der Waals surface area contributed by atoms with Gasteiger partial charge in [0, 0.05) is 44.0 Å². The van der Waals surface area contributed by atoms with Gasteiger partial charge >= 0.3 is 0 Å². The topological polar surface area (TPSA) is 107 Å². The molecule has 4 aromatic rings. The number of fused-ring (bicyclic) bond motifs is 1. The third-order valence-electron chi connectivity index (χ3n) is 8.12. The van der Waals surface area contributed by atoms with E-state index in [-0.39, 0.29) is 17.2 Å². The summed E-state index contributed by atoms with van der Waals surface area (Å²) >= 11 is 0. The summed E-state index contributed by atoms with van der Waals surface area (Å²) in [6.07, 6.45) is 12.4. The Morgan fingerprint density at radius 2 is 1.98 bits per heavy atom. The van der Waals surface area contributed by atoms with Crippen molar-refractivity contribution in [1.82, 2.24) is 39.6 Å². The third kappa shape index (κ3) is 5.54. The molecule has 1 saturated carbocycles. The molecule has 0 bridgehead atoms. The normalized spacial score (nSPS) is 18.1. The van der Waals surface area contributed by atoms with E-state index in [1.165, 1.54) is 30.4 Å². The minimum absolute atomic E-state index is 0.0505. The molecule has 10 nitrogen and oxygen atoms in total. The van der Waals surface area contributed by atoms with Gasteiger partial charge in [-0.3, -0.25) is 14.4 Å². The molecule has 1 fully saturated rings. The third-order valence-corrected chi connectivity index (χ3v) is 8.12. The zero-order chi connectivity index (χ0) is 27.9. The Hall–Kier alpha value is -3.92. The van der Waals surface area contributed by atoms with Crippen molar-refractivity contribution in [3.8, 4) is 11.3 Å². The van der Waals surface area contributed by atoms with E-state index in [4.69, 9.17) is 4.98 Å². The average Bonchev–Trinajstić information content (AvgIpc) is 3.51. The second-order valence-electron chi connectivity index (χ2n) is 12.1. The smallest absolute Gasteiger partial charge is 0.227 e. The molecule has 208 valence electrons. The summed E-state index contributed by atoms with van der Waals surface area (Å²) < 4.78 is 3.51. The number of aryl methyl sites for hydroxylation is 1. The first-order chi connectivity index (χ1) is 19.2. The number of nitrogens with zero attached hydrogens (tertiary/aromatic N) is 8. The van der Waals surface area contributed by atoms with E-state index in [9.17, 15) is 4.79 Å². The van der Waals surface area contributed by atoms with Gasteiger partial charge in [-0.1, -0.05) is 23.8 Å². The molecule has 2 aliphatic rings. The number of Topliss-reactive ketones (excluding diaryl/α,β-unsaturated/α-hetero) is 1. The van der Waals surface area contributed by atoms with Crippen molar-refractivity contribution in [2.45, 2.75) is 76.9 Å². The fourth-order valence-electron chi connectivity index (χ4n) is 5.59. The van der Waals surface area contributed by atoms with E-state index >= 15 is 0 Å². The Labute approximate surface area is 234 Å². The van der Waals surface area contributed by atoms with Gasteiger partial charge in [-0.15, -0.1) is 5.10 Å². The van der Waals surface area contributed by atoms with Gasteiger partial charge in [-0.2, -0.15) is 5.10 Å². The van der Waals surface area contributed by atoms with Crippen molar-refractivity contribution in [2.24, 2.45) is 7.05 Å². The predicted molar refractivity (Wildman–Crippen MR) is 153 cm³/mol. The van der Waals surface area contributed by atoms with Crippen LogP contribution < -0.4 is 5.32 Å². The lowest BCUT2D eigenvalue weighted by Crippen LogP contribution is -2.39. The Morgan fingerprint density at radius 1 is 1.12 bits per heavy atom. The van der Waals surface area contributed by atoms with Crippen molar-refractivity contribution >= 4 is 17.4 Å². The van der Waals surface area contributed by atoms with Crippen LogP contribution in [0.15, 0.2) is 49.1 Å². The van der Waals surface area contributed by atoms with Crippen molar-refractivity contribution in [1.29, 1.82) is 0 Å². The summed E-state index contributed by atoms with van der Waals surface area (Å²) in [5.74, 6) is 0.715. The molecule has 40 heavy (non-hydrogen) atoms. The Bertz CT molecular complexity index is 1510. The number of ketones is 1.